The molecule has 88 valence electrons. The minimum absolute atomic E-state index is 0.491. The second-order valence-electron chi connectivity index (χ2n) is 8.01. The van der Waals surface area contributed by atoms with E-state index in [0.29, 0.717) is 10.8 Å². The van der Waals surface area contributed by atoms with Crippen LogP contribution in [0.15, 0.2) is 0 Å². The van der Waals surface area contributed by atoms with Crippen LogP contribution in [-0.2, 0) is 0 Å². The molecule has 0 aromatic carbocycles. The molecule has 0 aromatic rings. The van der Waals surface area contributed by atoms with Crippen LogP contribution >= 0.6 is 0 Å². The molecule has 0 N–H and O–H groups in total. The highest BCUT2D eigenvalue weighted by molar-refractivity contribution is 4.97. The van der Waals surface area contributed by atoms with Gasteiger partial charge in [0.05, 0.1) is 0 Å². The summed E-state index contributed by atoms with van der Waals surface area (Å²) in [5, 5.41) is 0. The maximum atomic E-state index is 2.52. The number of hydrogen-bond acceptors (Lipinski definition) is 0. The van der Waals surface area contributed by atoms with Crippen LogP contribution in [0, 0.1) is 28.6 Å². The smallest absolute Gasteiger partial charge is 0.0318 e. The lowest BCUT2D eigenvalue weighted by molar-refractivity contribution is 0.0872. The highest BCUT2D eigenvalue weighted by atomic mass is 14.5. The van der Waals surface area contributed by atoms with Gasteiger partial charge in [-0.2, -0.15) is 0 Å². The van der Waals surface area contributed by atoms with Crippen LogP contribution in [-0.4, -0.2) is 0 Å². The summed E-state index contributed by atoms with van der Waals surface area (Å²) in [6.07, 6.45) is 7.54. The zero-order chi connectivity index (χ0) is 11.3. The molecule has 0 amide bonds. The molecule has 2 fully saturated rings. The summed E-state index contributed by atoms with van der Waals surface area (Å²) in [5.74, 6) is 3.20. The summed E-state index contributed by atoms with van der Waals surface area (Å²) >= 11 is 0. The van der Waals surface area contributed by atoms with Crippen molar-refractivity contribution in [2.45, 2.75) is 66.7 Å². The summed E-state index contributed by atoms with van der Waals surface area (Å²) in [7, 11) is 0. The molecule has 2 saturated carbocycles. The molecule has 3 unspecified atom stereocenters. The topological polar surface area (TPSA) is 0 Å². The van der Waals surface area contributed by atoms with E-state index in [1.807, 2.05) is 0 Å². The first-order valence-corrected chi connectivity index (χ1v) is 6.78. The van der Waals surface area contributed by atoms with E-state index in [2.05, 4.69) is 34.6 Å². The maximum Gasteiger partial charge on any atom is -0.0318 e. The minimum Gasteiger partial charge on any atom is -0.0602 e. The molecular weight excluding hydrogens is 180 g/mol. The van der Waals surface area contributed by atoms with E-state index in [1.54, 1.807) is 6.42 Å². The zero-order valence-electron chi connectivity index (χ0n) is 11.3. The lowest BCUT2D eigenvalue weighted by Gasteiger charge is -2.41. The van der Waals surface area contributed by atoms with Crippen LogP contribution in [0.2, 0.25) is 0 Å². The monoisotopic (exact) mass is 208 g/mol. The third-order valence-corrected chi connectivity index (χ3v) is 4.73. The van der Waals surface area contributed by atoms with Crippen molar-refractivity contribution in [2.24, 2.45) is 28.6 Å². The molecular formula is C15H28. The van der Waals surface area contributed by atoms with Gasteiger partial charge in [-0.1, -0.05) is 41.0 Å². The molecule has 0 heterocycles. The van der Waals surface area contributed by atoms with Crippen molar-refractivity contribution in [1.29, 1.82) is 0 Å². The number of hydrogen-bond donors (Lipinski definition) is 0. The van der Waals surface area contributed by atoms with E-state index in [1.165, 1.54) is 25.7 Å². The van der Waals surface area contributed by atoms with Crippen molar-refractivity contribution in [3.63, 3.8) is 0 Å². The van der Waals surface area contributed by atoms with Gasteiger partial charge in [0.1, 0.15) is 0 Å². The Morgan fingerprint density at radius 2 is 1.60 bits per heavy atom. The molecule has 0 aromatic heterocycles. The Morgan fingerprint density at radius 1 is 0.933 bits per heavy atom. The van der Waals surface area contributed by atoms with Gasteiger partial charge in [-0.3, -0.25) is 0 Å². The van der Waals surface area contributed by atoms with Crippen molar-refractivity contribution in [2.75, 3.05) is 0 Å². The highest BCUT2D eigenvalue weighted by Crippen LogP contribution is 2.56. The van der Waals surface area contributed by atoms with Gasteiger partial charge in [-0.25, -0.2) is 0 Å². The van der Waals surface area contributed by atoms with Crippen LogP contribution in [0.25, 0.3) is 0 Å². The van der Waals surface area contributed by atoms with Gasteiger partial charge < -0.3 is 0 Å². The minimum atomic E-state index is 0.491. The lowest BCUT2D eigenvalue weighted by Crippen LogP contribution is -2.32. The van der Waals surface area contributed by atoms with E-state index in [4.69, 9.17) is 0 Å². The zero-order valence-corrected chi connectivity index (χ0v) is 11.3. The Hall–Kier alpha value is 0. The van der Waals surface area contributed by atoms with Gasteiger partial charge in [-0.15, -0.1) is 0 Å². The van der Waals surface area contributed by atoms with Gasteiger partial charge in [0.2, 0.25) is 0 Å². The lowest BCUT2D eigenvalue weighted by atomic mass is 9.64. The molecule has 0 aliphatic heterocycles. The number of rotatable bonds is 2. The van der Waals surface area contributed by atoms with Crippen molar-refractivity contribution in [3.05, 3.63) is 0 Å². The van der Waals surface area contributed by atoms with Crippen LogP contribution in [0.5, 0.6) is 0 Å². The molecule has 2 bridgehead atoms. The Labute approximate surface area is 95.8 Å². The van der Waals surface area contributed by atoms with Gasteiger partial charge in [0.25, 0.3) is 0 Å². The van der Waals surface area contributed by atoms with E-state index >= 15 is 0 Å². The second kappa shape index (κ2) is 3.50. The predicted octanol–water partition coefficient (Wildman–Crippen LogP) is 4.89. The van der Waals surface area contributed by atoms with E-state index in [9.17, 15) is 0 Å². The molecule has 0 heteroatoms. The second-order valence-corrected chi connectivity index (χ2v) is 8.01. The Bertz CT molecular complexity index is 231. The van der Waals surface area contributed by atoms with E-state index in [-0.39, 0.29) is 0 Å². The predicted molar refractivity (Wildman–Crippen MR) is 66.8 cm³/mol. The van der Waals surface area contributed by atoms with Gasteiger partial charge in [-0.05, 0) is 54.3 Å². The third-order valence-electron chi connectivity index (χ3n) is 4.73. The normalized spacial score (nSPS) is 36.2. The Kier molecular flexibility index (Phi) is 2.68. The molecule has 0 radical (unpaired) electrons. The van der Waals surface area contributed by atoms with Gasteiger partial charge in [0.15, 0.2) is 0 Å². The van der Waals surface area contributed by atoms with Crippen molar-refractivity contribution in [1.82, 2.24) is 0 Å². The maximum absolute atomic E-state index is 2.52. The molecule has 0 saturated heterocycles. The average Bonchev–Trinajstić information content (AvgIpc) is 2.58. The SMILES string of the molecule is CC(C)(C)CC(C)(C)C1CC2CCC1C2. The van der Waals surface area contributed by atoms with Crippen molar-refractivity contribution in [3.8, 4) is 0 Å². The summed E-state index contributed by atoms with van der Waals surface area (Å²) in [5.41, 5.74) is 1.06. The van der Waals surface area contributed by atoms with Crippen LogP contribution < -0.4 is 0 Å². The summed E-state index contributed by atoms with van der Waals surface area (Å²) in [6, 6.07) is 0. The largest absolute Gasteiger partial charge is 0.0602 e. The van der Waals surface area contributed by atoms with Crippen LogP contribution in [0.1, 0.15) is 66.7 Å². The van der Waals surface area contributed by atoms with Crippen LogP contribution in [0.4, 0.5) is 0 Å². The quantitative estimate of drug-likeness (QED) is 0.606. The molecule has 2 aliphatic carbocycles. The van der Waals surface area contributed by atoms with Crippen molar-refractivity contribution >= 4 is 0 Å². The summed E-state index contributed by atoms with van der Waals surface area (Å²) in [4.78, 5) is 0. The molecule has 2 aliphatic rings. The van der Waals surface area contributed by atoms with Gasteiger partial charge in [0, 0.05) is 0 Å². The fraction of sp³-hybridized carbons (Fsp3) is 1.00. The van der Waals surface area contributed by atoms with Crippen LogP contribution in [0.3, 0.4) is 0 Å². The third kappa shape index (κ3) is 2.40. The fourth-order valence-corrected chi connectivity index (χ4v) is 4.70. The average molecular weight is 208 g/mol. The summed E-state index contributed by atoms with van der Waals surface area (Å²) in [6.45, 7) is 12.2. The van der Waals surface area contributed by atoms with Crippen molar-refractivity contribution < 1.29 is 0 Å². The molecule has 3 atom stereocenters. The molecule has 15 heavy (non-hydrogen) atoms. The fourth-order valence-electron chi connectivity index (χ4n) is 4.70. The molecule has 0 spiro atoms. The standard InChI is InChI=1S/C15H28/c1-14(2,3)10-15(4,5)13-9-11-6-7-12(13)8-11/h11-13H,6-10H2,1-5H3. The highest BCUT2D eigenvalue weighted by Gasteiger charge is 2.46. The first-order chi connectivity index (χ1) is 6.78. The van der Waals surface area contributed by atoms with E-state index < -0.39 is 0 Å². The first kappa shape index (κ1) is 11.5. The molecule has 2 rings (SSSR count). The summed E-state index contributed by atoms with van der Waals surface area (Å²) < 4.78 is 0. The Balaban J connectivity index is 2.03. The van der Waals surface area contributed by atoms with Gasteiger partial charge >= 0.3 is 0 Å². The van der Waals surface area contributed by atoms with E-state index in [0.717, 1.165) is 17.8 Å². The Morgan fingerprint density at radius 3 is 2.00 bits per heavy atom. The number of fused-ring (bicyclic) bond motifs is 2. The first-order valence-electron chi connectivity index (χ1n) is 6.78. The molecule has 0 nitrogen and oxygen atoms in total.